The van der Waals surface area contributed by atoms with Crippen molar-refractivity contribution in [3.63, 3.8) is 0 Å². The van der Waals surface area contributed by atoms with Gasteiger partial charge in [-0.15, -0.1) is 0 Å². The molecule has 2 heteroatoms. The van der Waals surface area contributed by atoms with Crippen molar-refractivity contribution in [1.82, 2.24) is 10.2 Å². The minimum Gasteiger partial charge on any atom is -0.158 e. The average Bonchev–Trinajstić information content (AvgIpc) is 2.48. The first kappa shape index (κ1) is 11.8. The number of nitrogens with zero attached hydrogens (tertiary/aromatic N) is 2. The molecule has 1 aromatic heterocycles. The van der Waals surface area contributed by atoms with Gasteiger partial charge < -0.3 is 0 Å². The summed E-state index contributed by atoms with van der Waals surface area (Å²) in [5, 5.41) is 9.69. The number of hydrogen-bond donors (Lipinski definition) is 0. The lowest BCUT2D eigenvalue weighted by molar-refractivity contribution is 1.02. The Morgan fingerprint density at radius 3 is 2.53 bits per heavy atom. The molecule has 0 atom stereocenters. The molecule has 94 valence electrons. The molecule has 1 heterocycles. The molecule has 19 heavy (non-hydrogen) atoms. The highest BCUT2D eigenvalue weighted by Crippen LogP contribution is 2.21. The van der Waals surface area contributed by atoms with Gasteiger partial charge in [-0.05, 0) is 29.5 Å². The number of aromatic nitrogens is 2. The Hall–Kier alpha value is -2.22. The van der Waals surface area contributed by atoms with E-state index in [4.69, 9.17) is 0 Å². The van der Waals surface area contributed by atoms with Crippen LogP contribution < -0.4 is 0 Å². The average molecular weight is 248 g/mol. The zero-order chi connectivity index (χ0) is 13.1. The van der Waals surface area contributed by atoms with E-state index in [1.165, 1.54) is 22.1 Å². The molecule has 2 aromatic carbocycles. The SMILES string of the molecule is CCc1cccc2c(Cc3ccccc3)cnnc12. The standard InChI is InChI=1S/C17H16N2/c1-2-14-9-6-10-16-15(12-18-19-17(14)16)11-13-7-4-3-5-8-13/h3-10,12H,2,11H2,1H3. The van der Waals surface area contributed by atoms with Crippen LogP contribution in [0.15, 0.2) is 54.7 Å². The van der Waals surface area contributed by atoms with E-state index in [0.29, 0.717) is 0 Å². The molecular weight excluding hydrogens is 232 g/mol. The molecule has 0 aliphatic heterocycles. The van der Waals surface area contributed by atoms with Crippen LogP contribution in [0.2, 0.25) is 0 Å². The molecule has 0 aliphatic carbocycles. The van der Waals surface area contributed by atoms with Crippen LogP contribution in [-0.4, -0.2) is 10.2 Å². The fourth-order valence-electron chi connectivity index (χ4n) is 2.44. The third kappa shape index (κ3) is 2.34. The lowest BCUT2D eigenvalue weighted by Gasteiger charge is -2.07. The molecular formula is C17H16N2. The molecule has 3 rings (SSSR count). The number of rotatable bonds is 3. The number of benzene rings is 2. The maximum Gasteiger partial charge on any atom is 0.0964 e. The summed E-state index contributed by atoms with van der Waals surface area (Å²) in [6, 6.07) is 16.9. The van der Waals surface area contributed by atoms with Crippen molar-refractivity contribution in [2.45, 2.75) is 19.8 Å². The van der Waals surface area contributed by atoms with Crippen molar-refractivity contribution in [3.05, 3.63) is 71.4 Å². The first-order valence-electron chi connectivity index (χ1n) is 6.64. The summed E-state index contributed by atoms with van der Waals surface area (Å²) in [7, 11) is 0. The van der Waals surface area contributed by atoms with Crippen molar-refractivity contribution >= 4 is 10.9 Å². The van der Waals surface area contributed by atoms with Gasteiger partial charge in [0.2, 0.25) is 0 Å². The first-order chi connectivity index (χ1) is 9.38. The highest BCUT2D eigenvalue weighted by atomic mass is 15.1. The highest BCUT2D eigenvalue weighted by Gasteiger charge is 2.06. The Morgan fingerprint density at radius 2 is 1.74 bits per heavy atom. The van der Waals surface area contributed by atoms with Gasteiger partial charge in [0.15, 0.2) is 0 Å². The van der Waals surface area contributed by atoms with Crippen LogP contribution in [-0.2, 0) is 12.8 Å². The molecule has 0 unspecified atom stereocenters. The van der Waals surface area contributed by atoms with Crippen molar-refractivity contribution in [2.24, 2.45) is 0 Å². The molecule has 0 saturated carbocycles. The summed E-state index contributed by atoms with van der Waals surface area (Å²) in [4.78, 5) is 0. The van der Waals surface area contributed by atoms with E-state index in [1.54, 1.807) is 0 Å². The van der Waals surface area contributed by atoms with E-state index in [0.717, 1.165) is 18.4 Å². The lowest BCUT2D eigenvalue weighted by Crippen LogP contribution is -1.96. The minimum absolute atomic E-state index is 0.903. The minimum atomic E-state index is 0.903. The summed E-state index contributed by atoms with van der Waals surface area (Å²) in [6.45, 7) is 2.15. The van der Waals surface area contributed by atoms with Gasteiger partial charge in [-0.3, -0.25) is 0 Å². The van der Waals surface area contributed by atoms with Gasteiger partial charge in [0.25, 0.3) is 0 Å². The van der Waals surface area contributed by atoms with Crippen molar-refractivity contribution in [3.8, 4) is 0 Å². The van der Waals surface area contributed by atoms with Crippen LogP contribution in [0.4, 0.5) is 0 Å². The highest BCUT2D eigenvalue weighted by molar-refractivity contribution is 5.84. The summed E-state index contributed by atoms with van der Waals surface area (Å²) >= 11 is 0. The van der Waals surface area contributed by atoms with Gasteiger partial charge in [0.05, 0.1) is 11.7 Å². The van der Waals surface area contributed by atoms with Crippen LogP contribution in [0, 0.1) is 0 Å². The molecule has 0 spiro atoms. The maximum absolute atomic E-state index is 4.30. The lowest BCUT2D eigenvalue weighted by atomic mass is 10.00. The van der Waals surface area contributed by atoms with E-state index in [1.807, 2.05) is 12.3 Å². The third-order valence-corrected chi connectivity index (χ3v) is 3.46. The maximum atomic E-state index is 4.30. The van der Waals surface area contributed by atoms with Crippen LogP contribution >= 0.6 is 0 Å². The largest absolute Gasteiger partial charge is 0.158 e. The quantitative estimate of drug-likeness (QED) is 0.705. The summed E-state index contributed by atoms with van der Waals surface area (Å²) in [5.41, 5.74) is 4.85. The zero-order valence-electron chi connectivity index (χ0n) is 11.0. The van der Waals surface area contributed by atoms with E-state index < -0.39 is 0 Å². The van der Waals surface area contributed by atoms with Gasteiger partial charge >= 0.3 is 0 Å². The third-order valence-electron chi connectivity index (χ3n) is 3.46. The summed E-state index contributed by atoms with van der Waals surface area (Å²) < 4.78 is 0. The summed E-state index contributed by atoms with van der Waals surface area (Å²) in [6.07, 6.45) is 3.77. The van der Waals surface area contributed by atoms with Crippen molar-refractivity contribution in [1.29, 1.82) is 0 Å². The predicted molar refractivity (Wildman–Crippen MR) is 78.2 cm³/mol. The number of hydrogen-bond acceptors (Lipinski definition) is 2. The Bertz CT molecular complexity index is 690. The molecule has 0 N–H and O–H groups in total. The Morgan fingerprint density at radius 1 is 0.895 bits per heavy atom. The van der Waals surface area contributed by atoms with Gasteiger partial charge in [-0.2, -0.15) is 10.2 Å². The van der Waals surface area contributed by atoms with Gasteiger partial charge in [0.1, 0.15) is 0 Å². The van der Waals surface area contributed by atoms with Gasteiger partial charge in [-0.25, -0.2) is 0 Å². The molecule has 0 amide bonds. The molecule has 2 nitrogen and oxygen atoms in total. The smallest absolute Gasteiger partial charge is 0.0964 e. The summed E-state index contributed by atoms with van der Waals surface area (Å²) in [5.74, 6) is 0. The van der Waals surface area contributed by atoms with Crippen LogP contribution in [0.1, 0.15) is 23.6 Å². The van der Waals surface area contributed by atoms with Crippen LogP contribution in [0.25, 0.3) is 10.9 Å². The number of fused-ring (bicyclic) bond motifs is 1. The molecule has 0 saturated heterocycles. The predicted octanol–water partition coefficient (Wildman–Crippen LogP) is 3.78. The first-order valence-corrected chi connectivity index (χ1v) is 6.64. The number of aryl methyl sites for hydroxylation is 1. The van der Waals surface area contributed by atoms with Gasteiger partial charge in [-0.1, -0.05) is 55.5 Å². The topological polar surface area (TPSA) is 25.8 Å². The van der Waals surface area contributed by atoms with Gasteiger partial charge in [0, 0.05) is 5.39 Å². The van der Waals surface area contributed by atoms with Crippen molar-refractivity contribution in [2.75, 3.05) is 0 Å². The van der Waals surface area contributed by atoms with E-state index in [-0.39, 0.29) is 0 Å². The zero-order valence-corrected chi connectivity index (χ0v) is 11.0. The Labute approximate surface area is 113 Å². The fourth-order valence-corrected chi connectivity index (χ4v) is 2.44. The molecule has 0 radical (unpaired) electrons. The molecule has 0 bridgehead atoms. The molecule has 0 aliphatic rings. The second-order valence-electron chi connectivity index (χ2n) is 4.70. The van der Waals surface area contributed by atoms with E-state index >= 15 is 0 Å². The second-order valence-corrected chi connectivity index (χ2v) is 4.70. The fraction of sp³-hybridized carbons (Fsp3) is 0.176. The second kappa shape index (κ2) is 5.19. The molecule has 0 fully saturated rings. The Balaban J connectivity index is 2.09. The monoisotopic (exact) mass is 248 g/mol. The Kier molecular flexibility index (Phi) is 3.23. The normalized spacial score (nSPS) is 10.8. The van der Waals surface area contributed by atoms with E-state index in [9.17, 15) is 0 Å². The van der Waals surface area contributed by atoms with Crippen LogP contribution in [0.3, 0.4) is 0 Å². The van der Waals surface area contributed by atoms with Crippen LogP contribution in [0.5, 0.6) is 0 Å². The van der Waals surface area contributed by atoms with E-state index in [2.05, 4.69) is 59.6 Å². The van der Waals surface area contributed by atoms with Crippen molar-refractivity contribution < 1.29 is 0 Å². The molecule has 3 aromatic rings.